The van der Waals surface area contributed by atoms with Crippen LogP contribution in [0.3, 0.4) is 0 Å². The molecule has 1 aliphatic heterocycles. The third kappa shape index (κ3) is 2.95. The summed E-state index contributed by atoms with van der Waals surface area (Å²) in [6.45, 7) is 8.72. The topological polar surface area (TPSA) is 49.8 Å². The van der Waals surface area contributed by atoms with Gasteiger partial charge in [0.2, 0.25) is 0 Å². The molecule has 1 heterocycles. The van der Waals surface area contributed by atoms with Crippen molar-refractivity contribution in [2.24, 2.45) is 11.3 Å². The molecule has 1 aliphatic carbocycles. The summed E-state index contributed by atoms with van der Waals surface area (Å²) >= 11 is 0. The smallest absolute Gasteiger partial charge is 0.310 e. The van der Waals surface area contributed by atoms with Gasteiger partial charge in [0.1, 0.15) is 0 Å². The summed E-state index contributed by atoms with van der Waals surface area (Å²) in [5, 5.41) is 9.37. The average molecular weight is 269 g/mol. The number of carbonyl (C=O) groups is 1. The lowest BCUT2D eigenvalue weighted by molar-refractivity contribution is -0.143. The number of rotatable bonds is 5. The molecule has 0 spiro atoms. The summed E-state index contributed by atoms with van der Waals surface area (Å²) in [6.07, 6.45) is 4.75. The Bertz CT molecular complexity index is 329. The van der Waals surface area contributed by atoms with Gasteiger partial charge in [-0.15, -0.1) is 0 Å². The lowest BCUT2D eigenvalue weighted by Gasteiger charge is -2.41. The van der Waals surface area contributed by atoms with Gasteiger partial charge in [0.15, 0.2) is 0 Å². The predicted molar refractivity (Wildman–Crippen MR) is 74.1 cm³/mol. The van der Waals surface area contributed by atoms with E-state index in [-0.39, 0.29) is 12.0 Å². The van der Waals surface area contributed by atoms with Crippen LogP contribution in [0.2, 0.25) is 0 Å². The Balaban J connectivity index is 2.17. The molecule has 4 heteroatoms. The van der Waals surface area contributed by atoms with Crippen molar-refractivity contribution in [2.75, 3.05) is 19.8 Å². The Hall–Kier alpha value is -0.610. The van der Waals surface area contributed by atoms with E-state index < -0.39 is 5.97 Å². The van der Waals surface area contributed by atoms with E-state index in [4.69, 9.17) is 4.74 Å². The van der Waals surface area contributed by atoms with Crippen LogP contribution >= 0.6 is 0 Å². The van der Waals surface area contributed by atoms with Gasteiger partial charge < -0.3 is 9.84 Å². The standard InChI is InChI=1S/C15H27NO3/c1-4-8-16(13-6-5-7-15(13,2)3)12-10-19-9-11(12)14(17)18/h11-13H,4-10H2,1-3H3,(H,17,18). The minimum atomic E-state index is -0.709. The first kappa shape index (κ1) is 14.8. The molecule has 3 atom stereocenters. The Morgan fingerprint density at radius 1 is 1.42 bits per heavy atom. The van der Waals surface area contributed by atoms with Crippen LogP contribution in [0, 0.1) is 11.3 Å². The van der Waals surface area contributed by atoms with Crippen molar-refractivity contribution in [2.45, 2.75) is 58.5 Å². The maximum Gasteiger partial charge on any atom is 0.310 e. The molecule has 19 heavy (non-hydrogen) atoms. The molecule has 2 fully saturated rings. The molecule has 2 rings (SSSR count). The molecule has 1 N–H and O–H groups in total. The van der Waals surface area contributed by atoms with E-state index in [1.165, 1.54) is 19.3 Å². The fourth-order valence-corrected chi connectivity index (χ4v) is 3.84. The van der Waals surface area contributed by atoms with Gasteiger partial charge >= 0.3 is 5.97 Å². The fourth-order valence-electron chi connectivity index (χ4n) is 3.84. The molecule has 110 valence electrons. The summed E-state index contributed by atoms with van der Waals surface area (Å²) in [7, 11) is 0. The molecule has 0 amide bonds. The minimum Gasteiger partial charge on any atom is -0.481 e. The Morgan fingerprint density at radius 3 is 2.68 bits per heavy atom. The van der Waals surface area contributed by atoms with Gasteiger partial charge in [-0.2, -0.15) is 0 Å². The fraction of sp³-hybridized carbons (Fsp3) is 0.933. The molecule has 4 nitrogen and oxygen atoms in total. The Morgan fingerprint density at radius 2 is 2.16 bits per heavy atom. The van der Waals surface area contributed by atoms with Crippen LogP contribution in [0.1, 0.15) is 46.5 Å². The highest BCUT2D eigenvalue weighted by atomic mass is 16.5. The van der Waals surface area contributed by atoms with Crippen LogP contribution in [0.5, 0.6) is 0 Å². The number of carboxylic acids is 1. The molecule has 0 radical (unpaired) electrons. The molecule has 0 bridgehead atoms. The summed E-state index contributed by atoms with van der Waals surface area (Å²) in [6, 6.07) is 0.556. The zero-order valence-corrected chi connectivity index (χ0v) is 12.4. The molecular weight excluding hydrogens is 242 g/mol. The maximum atomic E-state index is 11.4. The second kappa shape index (κ2) is 5.80. The molecule has 0 aromatic carbocycles. The molecule has 0 aromatic heterocycles. The highest BCUT2D eigenvalue weighted by Crippen LogP contribution is 2.42. The Labute approximate surface area is 116 Å². The predicted octanol–water partition coefficient (Wildman–Crippen LogP) is 2.38. The summed E-state index contributed by atoms with van der Waals surface area (Å²) < 4.78 is 5.46. The van der Waals surface area contributed by atoms with Gasteiger partial charge in [0.25, 0.3) is 0 Å². The normalized spacial score (nSPS) is 34.0. The van der Waals surface area contributed by atoms with Crippen molar-refractivity contribution in [3.8, 4) is 0 Å². The van der Waals surface area contributed by atoms with Crippen LogP contribution in [0.15, 0.2) is 0 Å². The highest BCUT2D eigenvalue weighted by Gasteiger charge is 2.45. The molecule has 0 aromatic rings. The maximum absolute atomic E-state index is 11.4. The zero-order chi connectivity index (χ0) is 14.0. The first-order valence-electron chi connectivity index (χ1n) is 7.53. The van der Waals surface area contributed by atoms with Crippen molar-refractivity contribution < 1.29 is 14.6 Å². The van der Waals surface area contributed by atoms with Gasteiger partial charge in [0, 0.05) is 12.1 Å². The van der Waals surface area contributed by atoms with Crippen molar-refractivity contribution >= 4 is 5.97 Å². The van der Waals surface area contributed by atoms with Crippen molar-refractivity contribution in [1.29, 1.82) is 0 Å². The van der Waals surface area contributed by atoms with Crippen LogP contribution in [0.4, 0.5) is 0 Å². The summed E-state index contributed by atoms with van der Waals surface area (Å²) in [5.41, 5.74) is 0.292. The number of hydrogen-bond donors (Lipinski definition) is 1. The van der Waals surface area contributed by atoms with E-state index in [9.17, 15) is 9.90 Å². The molecule has 1 saturated carbocycles. The van der Waals surface area contributed by atoms with Crippen LogP contribution in [0.25, 0.3) is 0 Å². The van der Waals surface area contributed by atoms with E-state index in [0.29, 0.717) is 24.7 Å². The second-order valence-corrected chi connectivity index (χ2v) is 6.68. The van der Waals surface area contributed by atoms with Crippen LogP contribution in [-0.4, -0.2) is 47.8 Å². The summed E-state index contributed by atoms with van der Waals surface area (Å²) in [4.78, 5) is 13.8. The van der Waals surface area contributed by atoms with Crippen molar-refractivity contribution in [3.63, 3.8) is 0 Å². The quantitative estimate of drug-likeness (QED) is 0.832. The van der Waals surface area contributed by atoms with Crippen LogP contribution in [-0.2, 0) is 9.53 Å². The number of aliphatic carboxylic acids is 1. The average Bonchev–Trinajstić information content (AvgIpc) is 2.92. The third-order valence-electron chi connectivity index (χ3n) is 4.88. The first-order chi connectivity index (χ1) is 8.97. The molecule has 1 saturated heterocycles. The van der Waals surface area contributed by atoms with Gasteiger partial charge in [-0.3, -0.25) is 9.69 Å². The number of carboxylic acid groups (broad SMARTS) is 1. The largest absolute Gasteiger partial charge is 0.481 e. The van der Waals surface area contributed by atoms with Gasteiger partial charge in [-0.1, -0.05) is 27.2 Å². The molecule has 2 aliphatic rings. The summed E-state index contributed by atoms with van der Waals surface area (Å²) in [5.74, 6) is -1.07. The number of hydrogen-bond acceptors (Lipinski definition) is 3. The molecule has 3 unspecified atom stereocenters. The highest BCUT2D eigenvalue weighted by molar-refractivity contribution is 5.71. The van der Waals surface area contributed by atoms with E-state index in [0.717, 1.165) is 13.0 Å². The number of ether oxygens (including phenoxy) is 1. The van der Waals surface area contributed by atoms with Gasteiger partial charge in [-0.05, 0) is 31.2 Å². The first-order valence-corrected chi connectivity index (χ1v) is 7.53. The minimum absolute atomic E-state index is 0.0554. The van der Waals surface area contributed by atoms with E-state index in [2.05, 4.69) is 25.7 Å². The van der Waals surface area contributed by atoms with E-state index >= 15 is 0 Å². The van der Waals surface area contributed by atoms with E-state index in [1.807, 2.05) is 0 Å². The second-order valence-electron chi connectivity index (χ2n) is 6.68. The van der Waals surface area contributed by atoms with Gasteiger partial charge in [-0.25, -0.2) is 0 Å². The van der Waals surface area contributed by atoms with Crippen LogP contribution < -0.4 is 0 Å². The molecular formula is C15H27NO3. The van der Waals surface area contributed by atoms with Crippen molar-refractivity contribution in [1.82, 2.24) is 4.90 Å². The lowest BCUT2D eigenvalue weighted by Crippen LogP contribution is -2.52. The lowest BCUT2D eigenvalue weighted by atomic mass is 9.84. The SMILES string of the molecule is CCCN(C1COCC1C(=O)O)C1CCCC1(C)C. The van der Waals surface area contributed by atoms with E-state index in [1.54, 1.807) is 0 Å². The monoisotopic (exact) mass is 269 g/mol. The van der Waals surface area contributed by atoms with Gasteiger partial charge in [0.05, 0.1) is 19.1 Å². The Kier molecular flexibility index (Phi) is 4.51. The zero-order valence-electron chi connectivity index (χ0n) is 12.4. The third-order valence-corrected chi connectivity index (χ3v) is 4.88. The van der Waals surface area contributed by atoms with Crippen molar-refractivity contribution in [3.05, 3.63) is 0 Å². The number of nitrogens with zero attached hydrogens (tertiary/aromatic N) is 1.